The van der Waals surface area contributed by atoms with Crippen LogP contribution >= 0.6 is 0 Å². The van der Waals surface area contributed by atoms with Crippen molar-refractivity contribution in [2.75, 3.05) is 30.8 Å². The highest BCUT2D eigenvalue weighted by molar-refractivity contribution is 5.41. The Bertz CT molecular complexity index is 359. The largest absolute Gasteiger partial charge is 0.393 e. The normalized spacial score (nSPS) is 14.3. The van der Waals surface area contributed by atoms with E-state index < -0.39 is 18.0 Å². The number of aromatic nitrogens is 2. The number of nitrogens with one attached hydrogen (secondary N) is 2. The molecule has 1 rings (SSSR count). The van der Waals surface area contributed by atoms with Crippen LogP contribution in [0.3, 0.4) is 0 Å². The maximum absolute atomic E-state index is 13.2. The van der Waals surface area contributed by atoms with Crippen LogP contribution in [0.5, 0.6) is 0 Å². The van der Waals surface area contributed by atoms with Crippen LogP contribution in [0.25, 0.3) is 0 Å². The topological polar surface area (TPSA) is 90.3 Å². The van der Waals surface area contributed by atoms with Crippen molar-refractivity contribution in [1.29, 1.82) is 0 Å². The zero-order chi connectivity index (χ0) is 12.2. The van der Waals surface area contributed by atoms with Crippen LogP contribution in [0.4, 0.5) is 16.2 Å². The van der Waals surface area contributed by atoms with Crippen molar-refractivity contribution in [2.45, 2.75) is 12.5 Å². The molecule has 0 aliphatic rings. The molecule has 0 radical (unpaired) electrons. The van der Waals surface area contributed by atoms with Crippen molar-refractivity contribution >= 4 is 11.8 Å². The fourth-order valence-corrected chi connectivity index (χ4v) is 0.942. The van der Waals surface area contributed by atoms with E-state index in [1.807, 2.05) is 0 Å². The first-order valence-electron chi connectivity index (χ1n) is 4.76. The number of aliphatic hydroxyl groups is 2. The molecule has 0 saturated heterocycles. The summed E-state index contributed by atoms with van der Waals surface area (Å²) < 4.78 is 13.2. The molecule has 0 saturated carbocycles. The molecular weight excluding hydrogens is 215 g/mol. The number of anilines is 2. The van der Waals surface area contributed by atoms with Crippen molar-refractivity contribution in [2.24, 2.45) is 0 Å². The van der Waals surface area contributed by atoms with E-state index in [-0.39, 0.29) is 18.3 Å². The molecule has 0 aliphatic heterocycles. The van der Waals surface area contributed by atoms with E-state index in [0.717, 1.165) is 6.20 Å². The van der Waals surface area contributed by atoms with Gasteiger partial charge in [0.2, 0.25) is 5.95 Å². The predicted molar refractivity (Wildman–Crippen MR) is 57.7 cm³/mol. The summed E-state index contributed by atoms with van der Waals surface area (Å²) in [5.74, 6) is -0.367. The van der Waals surface area contributed by atoms with Crippen molar-refractivity contribution < 1.29 is 14.6 Å². The maximum Gasteiger partial charge on any atom is 0.224 e. The molecule has 7 heteroatoms. The lowest BCUT2D eigenvalue weighted by Gasteiger charge is -2.21. The molecule has 0 amide bonds. The summed E-state index contributed by atoms with van der Waals surface area (Å²) in [7, 11) is 1.61. The Morgan fingerprint density at radius 2 is 2.25 bits per heavy atom. The summed E-state index contributed by atoms with van der Waals surface area (Å²) in [5, 5.41) is 23.6. The molecule has 0 spiro atoms. The fraction of sp³-hybridized carbons (Fsp3) is 0.556. The van der Waals surface area contributed by atoms with Crippen molar-refractivity contribution in [1.82, 2.24) is 9.97 Å². The van der Waals surface area contributed by atoms with Gasteiger partial charge in [-0.15, -0.1) is 0 Å². The van der Waals surface area contributed by atoms with Gasteiger partial charge in [-0.25, -0.2) is 9.37 Å². The molecule has 1 aromatic rings. The fourth-order valence-electron chi connectivity index (χ4n) is 0.942. The minimum Gasteiger partial charge on any atom is -0.393 e. The van der Waals surface area contributed by atoms with E-state index in [1.54, 1.807) is 7.05 Å². The molecular formula is C9H15FN4O2. The van der Waals surface area contributed by atoms with Gasteiger partial charge in [0, 0.05) is 13.6 Å². The second-order valence-electron chi connectivity index (χ2n) is 3.65. The first-order chi connectivity index (χ1) is 7.48. The van der Waals surface area contributed by atoms with Gasteiger partial charge in [-0.1, -0.05) is 0 Å². The molecule has 1 unspecified atom stereocenters. The molecule has 4 N–H and O–H groups in total. The van der Waals surface area contributed by atoms with Crippen molar-refractivity contribution in [3.05, 3.63) is 12.0 Å². The van der Waals surface area contributed by atoms with E-state index in [4.69, 9.17) is 5.11 Å². The highest BCUT2D eigenvalue weighted by atomic mass is 19.1. The number of hydrogen-bond donors (Lipinski definition) is 4. The van der Waals surface area contributed by atoms with E-state index in [2.05, 4.69) is 20.6 Å². The molecule has 1 atom stereocenters. The minimum atomic E-state index is -1.32. The standard InChI is InChI=1S/C9H15FN4O2/c1-9(16,5-15)4-13-7-6(10)3-12-8(11-2)14-7/h3,15-16H,4-5H2,1-2H3,(H2,11,12,13,14). The third-order valence-corrected chi connectivity index (χ3v) is 1.95. The van der Waals surface area contributed by atoms with Crippen LogP contribution in [0.1, 0.15) is 6.92 Å². The van der Waals surface area contributed by atoms with Crippen LogP contribution in [0.15, 0.2) is 6.20 Å². The molecule has 1 heterocycles. The van der Waals surface area contributed by atoms with Crippen LogP contribution in [-0.2, 0) is 0 Å². The predicted octanol–water partition coefficient (Wildman–Crippen LogP) is -0.187. The molecule has 0 bridgehead atoms. The van der Waals surface area contributed by atoms with Crippen LogP contribution in [0, 0.1) is 5.82 Å². The minimum absolute atomic E-state index is 0.0133. The first kappa shape index (κ1) is 12.6. The van der Waals surface area contributed by atoms with E-state index in [0.29, 0.717) is 0 Å². The van der Waals surface area contributed by atoms with E-state index >= 15 is 0 Å². The van der Waals surface area contributed by atoms with E-state index in [9.17, 15) is 9.50 Å². The Kier molecular flexibility index (Phi) is 3.97. The Morgan fingerprint density at radius 3 is 2.81 bits per heavy atom. The average Bonchev–Trinajstić information content (AvgIpc) is 2.28. The Hall–Kier alpha value is -1.47. The first-order valence-corrected chi connectivity index (χ1v) is 4.76. The maximum atomic E-state index is 13.2. The van der Waals surface area contributed by atoms with Gasteiger partial charge in [0.1, 0.15) is 5.60 Å². The lowest BCUT2D eigenvalue weighted by Crippen LogP contribution is -2.37. The summed E-state index contributed by atoms with van der Waals surface area (Å²) in [6.07, 6.45) is 1.02. The second-order valence-corrected chi connectivity index (χ2v) is 3.65. The molecule has 0 aliphatic carbocycles. The SMILES string of the molecule is CNc1ncc(F)c(NCC(C)(O)CO)n1. The Balaban J connectivity index is 2.73. The highest BCUT2D eigenvalue weighted by Gasteiger charge is 2.19. The summed E-state index contributed by atoms with van der Waals surface area (Å²) >= 11 is 0. The summed E-state index contributed by atoms with van der Waals surface area (Å²) in [6, 6.07) is 0. The van der Waals surface area contributed by atoms with Gasteiger partial charge in [0.15, 0.2) is 11.6 Å². The van der Waals surface area contributed by atoms with Gasteiger partial charge in [-0.05, 0) is 6.92 Å². The van der Waals surface area contributed by atoms with E-state index in [1.165, 1.54) is 6.92 Å². The highest BCUT2D eigenvalue weighted by Crippen LogP contribution is 2.13. The van der Waals surface area contributed by atoms with Gasteiger partial charge in [0.25, 0.3) is 0 Å². The van der Waals surface area contributed by atoms with Gasteiger partial charge in [0.05, 0.1) is 12.8 Å². The molecule has 1 aromatic heterocycles. The molecule has 0 fully saturated rings. The summed E-state index contributed by atoms with van der Waals surface area (Å²) in [5.41, 5.74) is -1.32. The number of nitrogens with zero attached hydrogens (tertiary/aromatic N) is 2. The van der Waals surface area contributed by atoms with Crippen molar-refractivity contribution in [3.63, 3.8) is 0 Å². The smallest absolute Gasteiger partial charge is 0.224 e. The van der Waals surface area contributed by atoms with Gasteiger partial charge >= 0.3 is 0 Å². The summed E-state index contributed by atoms with van der Waals surface area (Å²) in [4.78, 5) is 7.50. The second kappa shape index (κ2) is 5.04. The van der Waals surface area contributed by atoms with Crippen LogP contribution in [0.2, 0.25) is 0 Å². The molecule has 90 valence electrons. The van der Waals surface area contributed by atoms with Crippen LogP contribution in [-0.4, -0.2) is 46.0 Å². The zero-order valence-electron chi connectivity index (χ0n) is 9.16. The third-order valence-electron chi connectivity index (χ3n) is 1.95. The lowest BCUT2D eigenvalue weighted by molar-refractivity contribution is 0.0131. The summed E-state index contributed by atoms with van der Waals surface area (Å²) in [6.45, 7) is 0.990. The average molecular weight is 230 g/mol. The monoisotopic (exact) mass is 230 g/mol. The number of halogens is 1. The lowest BCUT2D eigenvalue weighted by atomic mass is 10.1. The number of rotatable bonds is 5. The van der Waals surface area contributed by atoms with Gasteiger partial charge in [-0.2, -0.15) is 4.98 Å². The third kappa shape index (κ3) is 3.28. The molecule has 0 aromatic carbocycles. The Labute approximate surface area is 92.5 Å². The van der Waals surface area contributed by atoms with Crippen molar-refractivity contribution in [3.8, 4) is 0 Å². The quantitative estimate of drug-likeness (QED) is 0.560. The zero-order valence-corrected chi connectivity index (χ0v) is 9.16. The number of hydrogen-bond acceptors (Lipinski definition) is 6. The molecule has 16 heavy (non-hydrogen) atoms. The van der Waals surface area contributed by atoms with Gasteiger partial charge < -0.3 is 20.8 Å². The Morgan fingerprint density at radius 1 is 1.56 bits per heavy atom. The van der Waals surface area contributed by atoms with Crippen LogP contribution < -0.4 is 10.6 Å². The number of aliphatic hydroxyl groups excluding tert-OH is 1. The molecule has 6 nitrogen and oxygen atoms in total. The van der Waals surface area contributed by atoms with Gasteiger partial charge in [-0.3, -0.25) is 0 Å².